The van der Waals surface area contributed by atoms with Crippen LogP contribution in [-0.4, -0.2) is 25.2 Å². The van der Waals surface area contributed by atoms with Gasteiger partial charge < -0.3 is 4.74 Å². The van der Waals surface area contributed by atoms with Crippen molar-refractivity contribution in [2.24, 2.45) is 10.2 Å². The molecule has 0 spiro atoms. The van der Waals surface area contributed by atoms with Gasteiger partial charge in [-0.3, -0.25) is 0 Å². The van der Waals surface area contributed by atoms with E-state index in [-0.39, 0.29) is 5.75 Å². The van der Waals surface area contributed by atoms with Crippen LogP contribution < -0.4 is 4.74 Å². The molecule has 132 valence electrons. The van der Waals surface area contributed by atoms with Crippen LogP contribution in [0.4, 0.5) is 13.2 Å². The molecule has 3 nitrogen and oxygen atoms in total. The van der Waals surface area contributed by atoms with E-state index < -0.39 is 12.8 Å². The molecule has 0 amide bonds. The predicted molar refractivity (Wildman–Crippen MR) is 93.6 cm³/mol. The molecule has 0 aromatic heterocycles. The second kappa shape index (κ2) is 9.01. The van der Waals surface area contributed by atoms with Gasteiger partial charge in [0.05, 0.1) is 12.4 Å². The Balaban J connectivity index is 1.86. The number of ether oxygens (including phenoxy) is 1. The molecule has 0 aliphatic heterocycles. The van der Waals surface area contributed by atoms with Gasteiger partial charge >= 0.3 is 6.18 Å². The SMILES string of the molecule is CCCc1ccc(C=NN=Cc2ccc(OCC(F)(F)F)cc2)cc1. The van der Waals surface area contributed by atoms with Crippen LogP contribution in [0.1, 0.15) is 30.0 Å². The van der Waals surface area contributed by atoms with Gasteiger partial charge in [0.25, 0.3) is 0 Å². The molecule has 0 atom stereocenters. The molecule has 0 N–H and O–H groups in total. The largest absolute Gasteiger partial charge is 0.484 e. The zero-order chi connectivity index (χ0) is 18.1. The summed E-state index contributed by atoms with van der Waals surface area (Å²) in [6.45, 7) is 0.834. The molecule has 6 heteroatoms. The fourth-order valence-electron chi connectivity index (χ4n) is 2.07. The van der Waals surface area contributed by atoms with Crippen LogP contribution in [0.5, 0.6) is 5.75 Å². The monoisotopic (exact) mass is 348 g/mol. The predicted octanol–water partition coefficient (Wildman–Crippen LogP) is 5.03. The van der Waals surface area contributed by atoms with Gasteiger partial charge in [-0.15, -0.1) is 0 Å². The summed E-state index contributed by atoms with van der Waals surface area (Å²) in [5.74, 6) is 0.158. The lowest BCUT2D eigenvalue weighted by Crippen LogP contribution is -2.19. The molecule has 2 rings (SSSR count). The lowest BCUT2D eigenvalue weighted by molar-refractivity contribution is -0.153. The van der Waals surface area contributed by atoms with E-state index in [0.29, 0.717) is 0 Å². The number of nitrogens with zero attached hydrogens (tertiary/aromatic N) is 2. The third-order valence-corrected chi connectivity index (χ3v) is 3.28. The molecule has 2 aromatic rings. The number of halogens is 3. The summed E-state index contributed by atoms with van der Waals surface area (Å²) in [5.41, 5.74) is 2.96. The second-order valence-electron chi connectivity index (χ2n) is 5.45. The summed E-state index contributed by atoms with van der Waals surface area (Å²) in [6.07, 6.45) is 0.988. The number of rotatable bonds is 7. The summed E-state index contributed by atoms with van der Waals surface area (Å²) in [7, 11) is 0. The van der Waals surface area contributed by atoms with Crippen molar-refractivity contribution >= 4 is 12.4 Å². The van der Waals surface area contributed by atoms with E-state index in [0.717, 1.165) is 24.0 Å². The lowest BCUT2D eigenvalue weighted by Gasteiger charge is -2.08. The highest BCUT2D eigenvalue weighted by Gasteiger charge is 2.28. The van der Waals surface area contributed by atoms with E-state index >= 15 is 0 Å². The minimum absolute atomic E-state index is 0.158. The Morgan fingerprint density at radius 2 is 1.40 bits per heavy atom. The Labute approximate surface area is 144 Å². The normalized spacial score (nSPS) is 12.2. The fourth-order valence-corrected chi connectivity index (χ4v) is 2.07. The molecule has 2 aromatic carbocycles. The molecule has 0 saturated carbocycles. The summed E-state index contributed by atoms with van der Waals surface area (Å²) in [4.78, 5) is 0. The molecular weight excluding hydrogens is 329 g/mol. The maximum Gasteiger partial charge on any atom is 0.422 e. The minimum atomic E-state index is -4.34. The second-order valence-corrected chi connectivity index (χ2v) is 5.45. The summed E-state index contributed by atoms with van der Waals surface area (Å²) in [6, 6.07) is 14.2. The van der Waals surface area contributed by atoms with E-state index in [1.165, 1.54) is 23.9 Å². The quantitative estimate of drug-likeness (QED) is 0.510. The highest BCUT2D eigenvalue weighted by atomic mass is 19.4. The van der Waals surface area contributed by atoms with Crippen LogP contribution in [0.2, 0.25) is 0 Å². The summed E-state index contributed by atoms with van der Waals surface area (Å²) < 4.78 is 40.8. The average Bonchev–Trinajstić information content (AvgIpc) is 2.59. The van der Waals surface area contributed by atoms with Crippen molar-refractivity contribution in [1.29, 1.82) is 0 Å². The Kier molecular flexibility index (Phi) is 6.74. The maximum atomic E-state index is 12.1. The van der Waals surface area contributed by atoms with Crippen molar-refractivity contribution in [1.82, 2.24) is 0 Å². The molecule has 0 aliphatic carbocycles. The Morgan fingerprint density at radius 3 is 1.88 bits per heavy atom. The first-order valence-corrected chi connectivity index (χ1v) is 7.91. The number of alkyl halides is 3. The summed E-state index contributed by atoms with van der Waals surface area (Å²) >= 11 is 0. The van der Waals surface area contributed by atoms with Crippen LogP contribution in [-0.2, 0) is 6.42 Å². The number of benzene rings is 2. The van der Waals surface area contributed by atoms with Crippen LogP contribution in [0.25, 0.3) is 0 Å². The maximum absolute atomic E-state index is 12.1. The van der Waals surface area contributed by atoms with Crippen LogP contribution in [0.15, 0.2) is 58.7 Å². The molecule has 0 saturated heterocycles. The molecule has 0 radical (unpaired) electrons. The van der Waals surface area contributed by atoms with Crippen molar-refractivity contribution in [3.05, 3.63) is 65.2 Å². The lowest BCUT2D eigenvalue weighted by atomic mass is 10.1. The first-order chi connectivity index (χ1) is 12.0. The van der Waals surface area contributed by atoms with E-state index in [2.05, 4.69) is 34.0 Å². The average molecular weight is 348 g/mol. The van der Waals surface area contributed by atoms with Gasteiger partial charge in [-0.25, -0.2) is 0 Å². The Hall–Kier alpha value is -2.63. The number of hydrogen-bond donors (Lipinski definition) is 0. The molecular formula is C19H19F3N2O. The zero-order valence-corrected chi connectivity index (χ0v) is 13.8. The Morgan fingerprint density at radius 1 is 0.880 bits per heavy atom. The minimum Gasteiger partial charge on any atom is -0.484 e. The van der Waals surface area contributed by atoms with E-state index in [9.17, 15) is 13.2 Å². The van der Waals surface area contributed by atoms with Crippen LogP contribution in [0.3, 0.4) is 0 Å². The van der Waals surface area contributed by atoms with Gasteiger partial charge in [0.2, 0.25) is 0 Å². The molecule has 0 heterocycles. The summed E-state index contributed by atoms with van der Waals surface area (Å²) in [5, 5.41) is 7.90. The van der Waals surface area contributed by atoms with Gasteiger partial charge in [0.1, 0.15) is 5.75 Å². The van der Waals surface area contributed by atoms with Gasteiger partial charge in [0.15, 0.2) is 6.61 Å². The molecule has 0 fully saturated rings. The fraction of sp³-hybridized carbons (Fsp3) is 0.263. The van der Waals surface area contributed by atoms with E-state index in [1.807, 2.05) is 12.1 Å². The van der Waals surface area contributed by atoms with E-state index in [1.54, 1.807) is 18.3 Å². The number of hydrogen-bond acceptors (Lipinski definition) is 3. The smallest absolute Gasteiger partial charge is 0.422 e. The third kappa shape index (κ3) is 7.20. The van der Waals surface area contributed by atoms with Crippen molar-refractivity contribution in [2.75, 3.05) is 6.61 Å². The molecule has 25 heavy (non-hydrogen) atoms. The highest BCUT2D eigenvalue weighted by Crippen LogP contribution is 2.18. The Bertz CT molecular complexity index is 705. The number of aryl methyl sites for hydroxylation is 1. The van der Waals surface area contributed by atoms with Gasteiger partial charge in [0, 0.05) is 0 Å². The van der Waals surface area contributed by atoms with Crippen molar-refractivity contribution in [2.45, 2.75) is 25.9 Å². The highest BCUT2D eigenvalue weighted by molar-refractivity contribution is 5.82. The third-order valence-electron chi connectivity index (χ3n) is 3.28. The standard InChI is InChI=1S/C19H19F3N2O/c1-2-3-15-4-6-16(7-5-15)12-23-24-13-17-8-10-18(11-9-17)25-14-19(20,21)22/h4-13H,2-3,14H2,1H3. The first kappa shape index (κ1) is 18.7. The van der Waals surface area contributed by atoms with Gasteiger partial charge in [-0.05, 0) is 47.4 Å². The van der Waals surface area contributed by atoms with E-state index in [4.69, 9.17) is 0 Å². The van der Waals surface area contributed by atoms with Crippen molar-refractivity contribution in [3.8, 4) is 5.75 Å². The molecule has 0 unspecified atom stereocenters. The van der Waals surface area contributed by atoms with Crippen LogP contribution >= 0.6 is 0 Å². The van der Waals surface area contributed by atoms with Crippen molar-refractivity contribution < 1.29 is 17.9 Å². The first-order valence-electron chi connectivity index (χ1n) is 7.91. The van der Waals surface area contributed by atoms with Gasteiger partial charge in [-0.1, -0.05) is 37.6 Å². The van der Waals surface area contributed by atoms with Gasteiger partial charge in [-0.2, -0.15) is 23.4 Å². The topological polar surface area (TPSA) is 34.0 Å². The molecule has 0 bridgehead atoms. The van der Waals surface area contributed by atoms with Crippen molar-refractivity contribution in [3.63, 3.8) is 0 Å². The van der Waals surface area contributed by atoms with Crippen LogP contribution in [0, 0.1) is 0 Å². The molecule has 0 aliphatic rings. The zero-order valence-electron chi connectivity index (χ0n) is 13.8.